The Hall–Kier alpha value is -2.73. The Balaban J connectivity index is 1.89. The minimum absolute atomic E-state index is 0.136. The minimum atomic E-state index is -0.646. The molecule has 2 aromatic carbocycles. The lowest BCUT2D eigenvalue weighted by Crippen LogP contribution is -2.44. The highest BCUT2D eigenvalue weighted by Crippen LogP contribution is 2.44. The van der Waals surface area contributed by atoms with Crippen LogP contribution in [0.1, 0.15) is 52.1 Å². The lowest BCUT2D eigenvalue weighted by Gasteiger charge is -2.45. The molecule has 1 saturated heterocycles. The molecule has 1 aromatic heterocycles. The first-order valence-electron chi connectivity index (χ1n) is 10.5. The van der Waals surface area contributed by atoms with Crippen molar-refractivity contribution < 1.29 is 18.3 Å². The highest BCUT2D eigenvalue weighted by atomic mass is 19.1. The van der Waals surface area contributed by atoms with E-state index in [1.807, 2.05) is 30.5 Å². The summed E-state index contributed by atoms with van der Waals surface area (Å²) in [6.07, 6.45) is 3.45. The number of aromatic nitrogens is 2. The Morgan fingerprint density at radius 2 is 1.71 bits per heavy atom. The van der Waals surface area contributed by atoms with Crippen LogP contribution in [0.3, 0.4) is 0 Å². The molecule has 2 heterocycles. The molecule has 4 rings (SSSR count). The maximum Gasteiger partial charge on any atom is 0.150 e. The summed E-state index contributed by atoms with van der Waals surface area (Å²) in [5.74, 6) is 0.0641. The molecule has 0 atom stereocenters. The third-order valence-electron chi connectivity index (χ3n) is 5.69. The first-order valence-corrected chi connectivity index (χ1v) is 10.5. The van der Waals surface area contributed by atoms with Crippen LogP contribution < -0.4 is 4.74 Å². The topological polar surface area (TPSA) is 36.3 Å². The number of hydrogen-bond acceptors (Lipinski definition) is 3. The van der Waals surface area contributed by atoms with Crippen molar-refractivity contribution in [1.29, 1.82) is 0 Å². The number of nitrogens with zero attached hydrogens (tertiary/aromatic N) is 2. The number of methoxy groups -OCH3 is 1. The summed E-state index contributed by atoms with van der Waals surface area (Å²) in [5, 5.41) is 0. The van der Waals surface area contributed by atoms with Gasteiger partial charge in [-0.3, -0.25) is 4.57 Å². The lowest BCUT2D eigenvalue weighted by molar-refractivity contribution is -0.162. The standard InChI is InChI=1S/C25H28F2N2O2/c1-24(2)13-16(14-25(3,4)31-24)20-15-29(21-11-10-17(26)12-19(21)27)23(28-20)18-8-6-7-9-22(18)30-5/h6-12,15-16H,13-14H2,1-5H3. The molecule has 3 aromatic rings. The van der Waals surface area contributed by atoms with Gasteiger partial charge in [0.25, 0.3) is 0 Å². The maximum atomic E-state index is 14.8. The predicted octanol–water partition coefficient (Wildman–Crippen LogP) is 6.28. The first-order chi connectivity index (χ1) is 14.6. The monoisotopic (exact) mass is 426 g/mol. The summed E-state index contributed by atoms with van der Waals surface area (Å²) < 4.78 is 41.8. The van der Waals surface area contributed by atoms with E-state index in [4.69, 9.17) is 14.5 Å². The van der Waals surface area contributed by atoms with Crippen LogP contribution in [0.25, 0.3) is 17.1 Å². The Kier molecular flexibility index (Phi) is 5.38. The van der Waals surface area contributed by atoms with Gasteiger partial charge in [0, 0.05) is 18.2 Å². The molecule has 31 heavy (non-hydrogen) atoms. The molecule has 0 spiro atoms. The van der Waals surface area contributed by atoms with Gasteiger partial charge in [-0.15, -0.1) is 0 Å². The summed E-state index contributed by atoms with van der Waals surface area (Å²) in [4.78, 5) is 4.95. The van der Waals surface area contributed by atoms with Crippen LogP contribution in [0.15, 0.2) is 48.7 Å². The molecule has 4 nitrogen and oxygen atoms in total. The molecule has 0 radical (unpaired) electrons. The second-order valence-electron chi connectivity index (χ2n) is 9.38. The van der Waals surface area contributed by atoms with E-state index in [1.165, 1.54) is 12.1 Å². The zero-order chi connectivity index (χ0) is 22.4. The SMILES string of the molecule is COc1ccccc1-c1nc(C2CC(C)(C)OC(C)(C)C2)cn1-c1ccc(F)cc1F. The van der Waals surface area contributed by atoms with E-state index in [9.17, 15) is 8.78 Å². The number of para-hydroxylation sites is 1. The quantitative estimate of drug-likeness (QED) is 0.493. The van der Waals surface area contributed by atoms with Gasteiger partial charge in [-0.2, -0.15) is 0 Å². The van der Waals surface area contributed by atoms with Crippen molar-refractivity contribution in [2.75, 3.05) is 7.11 Å². The smallest absolute Gasteiger partial charge is 0.150 e. The van der Waals surface area contributed by atoms with Gasteiger partial charge in [-0.05, 0) is 64.8 Å². The average Bonchev–Trinajstić information content (AvgIpc) is 3.10. The van der Waals surface area contributed by atoms with Gasteiger partial charge in [-0.25, -0.2) is 13.8 Å². The van der Waals surface area contributed by atoms with Gasteiger partial charge in [-0.1, -0.05) is 12.1 Å². The van der Waals surface area contributed by atoms with Crippen molar-refractivity contribution in [1.82, 2.24) is 9.55 Å². The molecular formula is C25H28F2N2O2. The summed E-state index contributed by atoms with van der Waals surface area (Å²) in [7, 11) is 1.59. The Morgan fingerprint density at radius 3 is 2.35 bits per heavy atom. The summed E-state index contributed by atoms with van der Waals surface area (Å²) in [6.45, 7) is 8.33. The summed E-state index contributed by atoms with van der Waals surface area (Å²) in [5.41, 5.74) is 1.23. The van der Waals surface area contributed by atoms with Crippen LogP contribution in [-0.2, 0) is 4.74 Å². The van der Waals surface area contributed by atoms with Crippen molar-refractivity contribution in [3.8, 4) is 22.8 Å². The molecule has 164 valence electrons. The van der Waals surface area contributed by atoms with Crippen molar-refractivity contribution in [3.63, 3.8) is 0 Å². The van der Waals surface area contributed by atoms with Crippen LogP contribution in [0.5, 0.6) is 5.75 Å². The molecule has 1 aliphatic heterocycles. The predicted molar refractivity (Wildman–Crippen MR) is 117 cm³/mol. The number of benzene rings is 2. The normalized spacial score (nSPS) is 18.2. The van der Waals surface area contributed by atoms with Gasteiger partial charge in [0.15, 0.2) is 0 Å². The number of hydrogen-bond donors (Lipinski definition) is 0. The minimum Gasteiger partial charge on any atom is -0.496 e. The van der Waals surface area contributed by atoms with E-state index in [0.717, 1.165) is 30.2 Å². The summed E-state index contributed by atoms with van der Waals surface area (Å²) in [6, 6.07) is 11.1. The Morgan fingerprint density at radius 1 is 1.03 bits per heavy atom. The van der Waals surface area contributed by atoms with Crippen LogP contribution in [0, 0.1) is 11.6 Å². The zero-order valence-electron chi connectivity index (χ0n) is 18.6. The first kappa shape index (κ1) is 21.5. The van der Waals surface area contributed by atoms with E-state index < -0.39 is 11.6 Å². The van der Waals surface area contributed by atoms with Crippen molar-refractivity contribution in [2.45, 2.75) is 57.7 Å². The molecule has 0 amide bonds. The van der Waals surface area contributed by atoms with Crippen molar-refractivity contribution >= 4 is 0 Å². The van der Waals surface area contributed by atoms with E-state index in [0.29, 0.717) is 11.6 Å². The van der Waals surface area contributed by atoms with Crippen LogP contribution in [0.2, 0.25) is 0 Å². The molecule has 6 heteroatoms. The second-order valence-corrected chi connectivity index (χ2v) is 9.38. The lowest BCUT2D eigenvalue weighted by atomic mass is 9.79. The van der Waals surface area contributed by atoms with Crippen LogP contribution >= 0.6 is 0 Å². The van der Waals surface area contributed by atoms with Gasteiger partial charge in [0.2, 0.25) is 0 Å². The fraction of sp³-hybridized carbons (Fsp3) is 0.400. The molecule has 0 unspecified atom stereocenters. The highest BCUT2D eigenvalue weighted by Gasteiger charge is 2.41. The molecule has 1 fully saturated rings. The molecular weight excluding hydrogens is 398 g/mol. The number of rotatable bonds is 4. The highest BCUT2D eigenvalue weighted by molar-refractivity contribution is 5.67. The van der Waals surface area contributed by atoms with Crippen LogP contribution in [0.4, 0.5) is 8.78 Å². The fourth-order valence-corrected chi connectivity index (χ4v) is 4.77. The third kappa shape index (κ3) is 4.35. The maximum absolute atomic E-state index is 14.8. The van der Waals surface area contributed by atoms with E-state index in [-0.39, 0.29) is 22.8 Å². The van der Waals surface area contributed by atoms with Gasteiger partial charge < -0.3 is 9.47 Å². The number of imidazole rings is 1. The van der Waals surface area contributed by atoms with Gasteiger partial charge in [0.1, 0.15) is 23.2 Å². The Labute approximate surface area is 181 Å². The molecule has 0 aliphatic carbocycles. The van der Waals surface area contributed by atoms with Crippen molar-refractivity contribution in [3.05, 3.63) is 66.0 Å². The second kappa shape index (κ2) is 7.75. The largest absolute Gasteiger partial charge is 0.496 e. The molecule has 0 N–H and O–H groups in total. The summed E-state index contributed by atoms with van der Waals surface area (Å²) >= 11 is 0. The Bertz CT molecular complexity index is 1090. The van der Waals surface area contributed by atoms with Crippen molar-refractivity contribution in [2.24, 2.45) is 0 Å². The van der Waals surface area contributed by atoms with E-state index in [1.54, 1.807) is 11.7 Å². The van der Waals surface area contributed by atoms with E-state index in [2.05, 4.69) is 27.7 Å². The number of ether oxygens (including phenoxy) is 2. The molecule has 0 bridgehead atoms. The van der Waals surface area contributed by atoms with Gasteiger partial charge in [0.05, 0.1) is 35.3 Å². The zero-order valence-corrected chi connectivity index (χ0v) is 18.6. The van der Waals surface area contributed by atoms with Crippen LogP contribution in [-0.4, -0.2) is 27.9 Å². The molecule has 0 saturated carbocycles. The number of halogens is 2. The third-order valence-corrected chi connectivity index (χ3v) is 5.69. The fourth-order valence-electron chi connectivity index (χ4n) is 4.77. The van der Waals surface area contributed by atoms with Gasteiger partial charge >= 0.3 is 0 Å². The average molecular weight is 427 g/mol. The molecule has 1 aliphatic rings. The van der Waals surface area contributed by atoms with E-state index >= 15 is 0 Å².